The average Bonchev–Trinajstić information content (AvgIpc) is 2.31. The Hall–Kier alpha value is 0.620. The molecule has 0 amide bonds. The molecule has 0 rings (SSSR count). The molecule has 0 aliphatic carbocycles. The van der Waals surface area contributed by atoms with Gasteiger partial charge in [-0.05, 0) is 38.5 Å². The van der Waals surface area contributed by atoms with Crippen LogP contribution in [-0.4, -0.2) is 33.7 Å². The lowest BCUT2D eigenvalue weighted by atomic mass is 9.75. The zero-order chi connectivity index (χ0) is 19.8. The van der Waals surface area contributed by atoms with Crippen molar-refractivity contribution in [2.45, 2.75) is 104 Å². The van der Waals surface area contributed by atoms with Crippen LogP contribution in [-0.2, 0) is 0 Å². The number of hydrogen-bond donors (Lipinski definition) is 4. The van der Waals surface area contributed by atoms with Crippen LogP contribution < -0.4 is 10.6 Å². The fourth-order valence-corrected chi connectivity index (χ4v) is 1.92. The molecule has 0 unspecified atom stereocenters. The third-order valence-electron chi connectivity index (χ3n) is 6.82. The molecular weight excluding hydrogens is 332 g/mol. The predicted octanol–water partition coefficient (Wildman–Crippen LogP) is 5.19. The summed E-state index contributed by atoms with van der Waals surface area (Å²) in [6.45, 7) is 28.8. The SMILES string of the molecule is CC(C)(S)C(C)(C)CNC(C)(C)C(C)(C)NCC(C)(C)C(C)(C)S. The first kappa shape index (κ1) is 24.6. The van der Waals surface area contributed by atoms with Gasteiger partial charge in [-0.3, -0.25) is 0 Å². The molecule has 0 aromatic carbocycles. The van der Waals surface area contributed by atoms with Gasteiger partial charge in [-0.1, -0.05) is 55.4 Å². The van der Waals surface area contributed by atoms with Crippen LogP contribution in [0.1, 0.15) is 83.1 Å². The van der Waals surface area contributed by atoms with Crippen LogP contribution in [0.3, 0.4) is 0 Å². The Kier molecular flexibility index (Phi) is 7.51. The van der Waals surface area contributed by atoms with Gasteiger partial charge in [0, 0.05) is 33.7 Å². The highest BCUT2D eigenvalue weighted by atomic mass is 32.1. The molecule has 0 radical (unpaired) electrons. The van der Waals surface area contributed by atoms with Gasteiger partial charge in [-0.25, -0.2) is 0 Å². The first-order valence-electron chi connectivity index (χ1n) is 9.11. The molecule has 0 heterocycles. The highest BCUT2D eigenvalue weighted by Gasteiger charge is 2.42. The van der Waals surface area contributed by atoms with Crippen molar-refractivity contribution in [1.82, 2.24) is 10.6 Å². The van der Waals surface area contributed by atoms with Crippen molar-refractivity contribution in [2.75, 3.05) is 13.1 Å². The summed E-state index contributed by atoms with van der Waals surface area (Å²) >= 11 is 9.57. The highest BCUT2D eigenvalue weighted by molar-refractivity contribution is 7.82. The van der Waals surface area contributed by atoms with Gasteiger partial charge >= 0.3 is 0 Å². The zero-order valence-electron chi connectivity index (χ0n) is 18.3. The summed E-state index contributed by atoms with van der Waals surface area (Å²) < 4.78 is -0.0720. The van der Waals surface area contributed by atoms with Gasteiger partial charge in [0.05, 0.1) is 0 Å². The third-order valence-corrected chi connectivity index (χ3v) is 8.03. The molecule has 0 atom stereocenters. The largest absolute Gasteiger partial charge is 0.309 e. The second-order valence-electron chi connectivity index (χ2n) is 10.8. The van der Waals surface area contributed by atoms with Gasteiger partial charge in [-0.15, -0.1) is 0 Å². The maximum Gasteiger partial charge on any atom is 0.0301 e. The van der Waals surface area contributed by atoms with Crippen molar-refractivity contribution in [2.24, 2.45) is 10.8 Å². The molecule has 0 aliphatic rings. The maximum atomic E-state index is 4.78. The second-order valence-corrected chi connectivity index (χ2v) is 13.1. The first-order valence-corrected chi connectivity index (χ1v) is 10.0. The first-order chi connectivity index (χ1) is 10.2. The van der Waals surface area contributed by atoms with E-state index < -0.39 is 0 Å². The van der Waals surface area contributed by atoms with Gasteiger partial charge in [0.1, 0.15) is 0 Å². The Labute approximate surface area is 163 Å². The predicted molar refractivity (Wildman–Crippen MR) is 118 cm³/mol. The van der Waals surface area contributed by atoms with Crippen LogP contribution in [0, 0.1) is 10.8 Å². The molecule has 0 bridgehead atoms. The maximum absolute atomic E-state index is 4.78. The smallest absolute Gasteiger partial charge is 0.0301 e. The molecule has 0 spiro atoms. The fraction of sp³-hybridized carbons (Fsp3) is 1.00. The lowest BCUT2D eigenvalue weighted by Gasteiger charge is -2.49. The molecule has 2 nitrogen and oxygen atoms in total. The Balaban J connectivity index is 5.01. The average molecular weight is 377 g/mol. The van der Waals surface area contributed by atoms with Gasteiger partial charge < -0.3 is 10.6 Å². The van der Waals surface area contributed by atoms with E-state index in [9.17, 15) is 0 Å². The minimum Gasteiger partial charge on any atom is -0.309 e. The molecular formula is C20H44N2S2. The van der Waals surface area contributed by atoms with Crippen LogP contribution in [0.2, 0.25) is 0 Å². The fourth-order valence-electron chi connectivity index (χ4n) is 1.76. The standard InChI is InChI=1S/C20H44N2S2/c1-15(2,19(9,10)23)13-21-17(5,6)18(7,8)22-14-16(3,4)20(11,12)24/h21-24H,13-14H2,1-12H3. The van der Waals surface area contributed by atoms with Crippen molar-refractivity contribution in [3.8, 4) is 0 Å². The summed E-state index contributed by atoms with van der Waals surface area (Å²) in [6.07, 6.45) is 0. The summed E-state index contributed by atoms with van der Waals surface area (Å²) in [5.41, 5.74) is 0.0753. The Morgan fingerprint density at radius 2 is 0.708 bits per heavy atom. The van der Waals surface area contributed by atoms with Gasteiger partial charge in [-0.2, -0.15) is 25.3 Å². The number of nitrogens with one attached hydrogen (secondary N) is 2. The molecule has 0 fully saturated rings. The number of thiol groups is 2. The number of rotatable bonds is 9. The van der Waals surface area contributed by atoms with Crippen LogP contribution >= 0.6 is 25.3 Å². The summed E-state index contributed by atoms with van der Waals surface area (Å²) in [4.78, 5) is 0. The number of hydrogen-bond acceptors (Lipinski definition) is 4. The lowest BCUT2D eigenvalue weighted by Crippen LogP contribution is -2.66. The molecule has 0 saturated heterocycles. The summed E-state index contributed by atoms with van der Waals surface area (Å²) in [5, 5.41) is 7.58. The van der Waals surface area contributed by atoms with Gasteiger partial charge in [0.15, 0.2) is 0 Å². The third kappa shape index (κ3) is 6.10. The normalized spacial score (nSPS) is 15.8. The monoisotopic (exact) mass is 376 g/mol. The quantitative estimate of drug-likeness (QED) is 0.416. The van der Waals surface area contributed by atoms with E-state index in [2.05, 4.69) is 93.7 Å². The van der Waals surface area contributed by atoms with Crippen LogP contribution in [0.25, 0.3) is 0 Å². The molecule has 146 valence electrons. The van der Waals surface area contributed by atoms with Gasteiger partial charge in [0.2, 0.25) is 0 Å². The van der Waals surface area contributed by atoms with Gasteiger partial charge in [0.25, 0.3) is 0 Å². The van der Waals surface area contributed by atoms with Crippen molar-refractivity contribution in [3.63, 3.8) is 0 Å². The molecule has 2 N–H and O–H groups in total. The zero-order valence-corrected chi connectivity index (χ0v) is 20.1. The van der Waals surface area contributed by atoms with Crippen molar-refractivity contribution < 1.29 is 0 Å². The Bertz CT molecular complexity index is 370. The van der Waals surface area contributed by atoms with E-state index >= 15 is 0 Å². The van der Waals surface area contributed by atoms with E-state index in [0.29, 0.717) is 0 Å². The van der Waals surface area contributed by atoms with E-state index in [1.54, 1.807) is 0 Å². The minimum absolute atomic E-state index is 0.0360. The van der Waals surface area contributed by atoms with Crippen LogP contribution in [0.5, 0.6) is 0 Å². The van der Waals surface area contributed by atoms with Crippen LogP contribution in [0.4, 0.5) is 0 Å². The topological polar surface area (TPSA) is 24.1 Å². The molecule has 0 aliphatic heterocycles. The summed E-state index contributed by atoms with van der Waals surface area (Å²) in [6, 6.07) is 0. The molecule has 0 saturated carbocycles. The minimum atomic E-state index is -0.0554. The summed E-state index contributed by atoms with van der Waals surface area (Å²) in [5.74, 6) is 0. The Morgan fingerprint density at radius 3 is 0.875 bits per heavy atom. The summed E-state index contributed by atoms with van der Waals surface area (Å²) in [7, 11) is 0. The lowest BCUT2D eigenvalue weighted by molar-refractivity contribution is 0.137. The van der Waals surface area contributed by atoms with Crippen molar-refractivity contribution in [1.29, 1.82) is 0 Å². The van der Waals surface area contributed by atoms with Crippen molar-refractivity contribution >= 4 is 25.3 Å². The Morgan fingerprint density at radius 1 is 0.500 bits per heavy atom. The molecule has 4 heteroatoms. The molecule has 0 aromatic rings. The second kappa shape index (κ2) is 7.32. The highest BCUT2D eigenvalue weighted by Crippen LogP contribution is 2.37. The van der Waals surface area contributed by atoms with E-state index in [0.717, 1.165) is 13.1 Å². The molecule has 0 aromatic heterocycles. The molecule has 24 heavy (non-hydrogen) atoms. The van der Waals surface area contributed by atoms with E-state index in [1.165, 1.54) is 0 Å². The van der Waals surface area contributed by atoms with Crippen LogP contribution in [0.15, 0.2) is 0 Å². The van der Waals surface area contributed by atoms with E-state index in [4.69, 9.17) is 25.3 Å². The van der Waals surface area contributed by atoms with E-state index in [-0.39, 0.29) is 31.4 Å². The van der Waals surface area contributed by atoms with Crippen molar-refractivity contribution in [3.05, 3.63) is 0 Å². The van der Waals surface area contributed by atoms with E-state index in [1.807, 2.05) is 0 Å².